The van der Waals surface area contributed by atoms with Gasteiger partial charge in [-0.15, -0.1) is 12.4 Å². The number of hydrogen-bond acceptors (Lipinski definition) is 7. The number of nitrogens with one attached hydrogen (secondary N) is 2. The second kappa shape index (κ2) is 16.6. The summed E-state index contributed by atoms with van der Waals surface area (Å²) in [5.41, 5.74) is 4.39. The Morgan fingerprint density at radius 2 is 1.73 bits per heavy atom. The Balaban J connectivity index is 0.00000337. The number of carbonyl (C=O) groups is 2. The minimum atomic E-state index is -0.482. The molecule has 1 unspecified atom stereocenters. The zero-order valence-corrected chi connectivity index (χ0v) is 25.9. The van der Waals surface area contributed by atoms with Gasteiger partial charge in [-0.2, -0.15) is 5.26 Å². The molecule has 236 valence electrons. The van der Waals surface area contributed by atoms with Gasteiger partial charge in [0.15, 0.2) is 0 Å². The number of piperidine rings is 1. The number of halogens is 1. The van der Waals surface area contributed by atoms with Gasteiger partial charge in [-0.05, 0) is 62.9 Å². The van der Waals surface area contributed by atoms with E-state index in [0.29, 0.717) is 31.5 Å². The van der Waals surface area contributed by atoms with E-state index < -0.39 is 16.3 Å². The topological polar surface area (TPSA) is 163 Å². The maximum Gasteiger partial charge on any atom is 0.269 e. The van der Waals surface area contributed by atoms with Crippen molar-refractivity contribution in [3.63, 3.8) is 0 Å². The molecule has 1 saturated heterocycles. The van der Waals surface area contributed by atoms with Crippen molar-refractivity contribution in [3.05, 3.63) is 98.6 Å². The Kier molecular flexibility index (Phi) is 13.5. The van der Waals surface area contributed by atoms with Gasteiger partial charge in [0, 0.05) is 30.1 Å². The van der Waals surface area contributed by atoms with Crippen LogP contribution in [0.3, 0.4) is 0 Å². The summed E-state index contributed by atoms with van der Waals surface area (Å²) in [6.45, 7) is 6.83. The summed E-state index contributed by atoms with van der Waals surface area (Å²) in [6, 6.07) is 18.8. The lowest BCUT2D eigenvalue weighted by atomic mass is 9.74. The van der Waals surface area contributed by atoms with E-state index in [1.54, 1.807) is 17.0 Å². The van der Waals surface area contributed by atoms with Crippen molar-refractivity contribution in [2.24, 2.45) is 0 Å². The average Bonchev–Trinajstić information content (AvgIpc) is 3.04. The second-order valence-corrected chi connectivity index (χ2v) is 10.7. The lowest BCUT2D eigenvalue weighted by molar-refractivity contribution is -0.384. The van der Waals surface area contributed by atoms with Gasteiger partial charge < -0.3 is 25.9 Å². The van der Waals surface area contributed by atoms with Crippen LogP contribution in [0.2, 0.25) is 0 Å². The Bertz CT molecular complexity index is 1380. The van der Waals surface area contributed by atoms with E-state index in [9.17, 15) is 25.0 Å². The Morgan fingerprint density at radius 1 is 1.09 bits per heavy atom. The first-order valence-corrected chi connectivity index (χ1v) is 14.5. The number of dihydropyridines is 1. The fraction of sp³-hybridized carbons (Fsp3) is 0.406. The first kappa shape index (κ1) is 36.0. The summed E-state index contributed by atoms with van der Waals surface area (Å²) in [5, 5.41) is 27.6. The Hall–Kier alpha value is -4.24. The van der Waals surface area contributed by atoms with E-state index in [-0.39, 0.29) is 23.6 Å². The maximum absolute atomic E-state index is 12.6. The molecule has 2 aromatic rings. The molecule has 0 aliphatic carbocycles. The van der Waals surface area contributed by atoms with Gasteiger partial charge in [0.05, 0.1) is 33.7 Å². The van der Waals surface area contributed by atoms with E-state index in [1.165, 1.54) is 12.1 Å². The minimum absolute atomic E-state index is 0. The quantitative estimate of drug-likeness (QED) is 0.191. The molecular weight excluding hydrogens is 584 g/mol. The predicted molar refractivity (Wildman–Crippen MR) is 170 cm³/mol. The number of carbonyl (C=O) groups excluding carboxylic acids is 2. The number of nitrogens with zero attached hydrogens (tertiary/aromatic N) is 4. The molecule has 2 aliphatic rings. The van der Waals surface area contributed by atoms with Crippen LogP contribution in [0.4, 0.5) is 5.69 Å². The Labute approximate surface area is 264 Å². The van der Waals surface area contributed by atoms with Gasteiger partial charge in [0.25, 0.3) is 5.69 Å². The van der Waals surface area contributed by atoms with Crippen molar-refractivity contribution < 1.29 is 20.0 Å². The highest BCUT2D eigenvalue weighted by molar-refractivity contribution is 5.85. The van der Waals surface area contributed by atoms with E-state index in [2.05, 4.69) is 21.6 Å². The van der Waals surface area contributed by atoms with E-state index in [0.717, 1.165) is 73.5 Å². The summed E-state index contributed by atoms with van der Waals surface area (Å²) < 4.78 is 0. The van der Waals surface area contributed by atoms with Crippen LogP contribution in [0.5, 0.6) is 0 Å². The van der Waals surface area contributed by atoms with Crippen LogP contribution >= 0.6 is 12.4 Å². The highest BCUT2D eigenvalue weighted by Gasteiger charge is 2.37. The SMILES string of the molecule is CCC1=C(NC=O)C(c2ccc([N+](=O)[O-])cc2)C(N(C=O)CCCN2CCC(C#N)(c3ccccc3)CC2)=C(CC)N1.Cl.O. The zero-order valence-electron chi connectivity index (χ0n) is 25.1. The van der Waals surface area contributed by atoms with Crippen LogP contribution in [0.25, 0.3) is 0 Å². The molecule has 4 rings (SSSR count). The zero-order chi connectivity index (χ0) is 30.1. The van der Waals surface area contributed by atoms with Crippen molar-refractivity contribution in [1.82, 2.24) is 20.4 Å². The molecule has 0 spiro atoms. The molecule has 44 heavy (non-hydrogen) atoms. The van der Waals surface area contributed by atoms with Gasteiger partial charge in [0.2, 0.25) is 12.8 Å². The average molecular weight is 625 g/mol. The molecule has 2 heterocycles. The van der Waals surface area contributed by atoms with Gasteiger partial charge >= 0.3 is 0 Å². The van der Waals surface area contributed by atoms with Gasteiger partial charge in [-0.25, -0.2) is 0 Å². The fourth-order valence-corrected chi connectivity index (χ4v) is 6.11. The van der Waals surface area contributed by atoms with Crippen LogP contribution in [0.1, 0.15) is 63.0 Å². The van der Waals surface area contributed by atoms with Crippen LogP contribution in [-0.4, -0.2) is 59.2 Å². The number of rotatable bonds is 13. The number of nitriles is 1. The normalized spacial score (nSPS) is 17.7. The molecule has 0 aromatic heterocycles. The fourth-order valence-electron chi connectivity index (χ4n) is 6.11. The smallest absolute Gasteiger partial charge is 0.269 e. The highest BCUT2D eigenvalue weighted by Crippen LogP contribution is 2.40. The van der Waals surface area contributed by atoms with Crippen molar-refractivity contribution in [2.75, 3.05) is 26.2 Å². The van der Waals surface area contributed by atoms with Crippen LogP contribution in [0.15, 0.2) is 77.4 Å². The van der Waals surface area contributed by atoms with Gasteiger partial charge in [-0.1, -0.05) is 56.3 Å². The van der Waals surface area contributed by atoms with Crippen LogP contribution in [-0.2, 0) is 15.0 Å². The molecule has 2 aliphatic heterocycles. The molecule has 4 N–H and O–H groups in total. The summed E-state index contributed by atoms with van der Waals surface area (Å²) in [5.74, 6) is -0.482. The number of benzene rings is 2. The number of hydrogen-bond donors (Lipinski definition) is 2. The molecule has 1 fully saturated rings. The molecular formula is C32H41ClN6O5. The third-order valence-corrected chi connectivity index (χ3v) is 8.42. The summed E-state index contributed by atoms with van der Waals surface area (Å²) in [7, 11) is 0. The van der Waals surface area contributed by atoms with Crippen molar-refractivity contribution in [1.29, 1.82) is 5.26 Å². The van der Waals surface area contributed by atoms with Gasteiger partial charge in [-0.3, -0.25) is 19.7 Å². The standard InChI is InChI=1S/C32H38N6O4.ClH.H2O/c1-3-27-30(34-22-39)29(24-11-13-26(14-12-24)38(41)42)31(28(4-2)35-27)37(23-40)18-8-17-36-19-15-32(21-33,16-20-36)25-9-6-5-7-10-25;;/h5-7,9-14,22-23,29,35H,3-4,8,15-20H2,1-2H3,(H,34,39);1H;1H2. The van der Waals surface area contributed by atoms with E-state index >= 15 is 0 Å². The summed E-state index contributed by atoms with van der Waals surface area (Å²) in [4.78, 5) is 39.1. The Morgan fingerprint density at radius 3 is 2.25 bits per heavy atom. The number of nitro groups is 1. The second-order valence-electron chi connectivity index (χ2n) is 10.7. The van der Waals surface area contributed by atoms with Crippen molar-refractivity contribution in [2.45, 2.75) is 57.3 Å². The maximum atomic E-state index is 12.6. The third-order valence-electron chi connectivity index (χ3n) is 8.42. The predicted octanol–water partition coefficient (Wildman–Crippen LogP) is 4.27. The molecule has 11 nitrogen and oxygen atoms in total. The number of allylic oxidation sites excluding steroid dienone is 2. The van der Waals surface area contributed by atoms with Crippen LogP contribution < -0.4 is 10.6 Å². The van der Waals surface area contributed by atoms with E-state index in [4.69, 9.17) is 0 Å². The number of amides is 2. The number of non-ortho nitro benzene ring substituents is 1. The lowest BCUT2D eigenvalue weighted by Crippen LogP contribution is -2.43. The number of likely N-dealkylation sites (tertiary alicyclic amines) is 1. The molecule has 0 saturated carbocycles. The largest absolute Gasteiger partial charge is 0.412 e. The molecule has 1 atom stereocenters. The lowest BCUT2D eigenvalue weighted by Gasteiger charge is -2.39. The minimum Gasteiger partial charge on any atom is -0.412 e. The number of nitro benzene ring substituents is 1. The molecule has 2 aromatic carbocycles. The molecule has 12 heteroatoms. The highest BCUT2D eigenvalue weighted by atomic mass is 35.5. The van der Waals surface area contributed by atoms with Gasteiger partial charge in [0.1, 0.15) is 0 Å². The molecule has 0 radical (unpaired) electrons. The first-order chi connectivity index (χ1) is 20.4. The van der Waals surface area contributed by atoms with E-state index in [1.807, 2.05) is 44.2 Å². The van der Waals surface area contributed by atoms with Crippen LogP contribution in [0, 0.1) is 21.4 Å². The monoisotopic (exact) mass is 624 g/mol. The third kappa shape index (κ3) is 7.63. The summed E-state index contributed by atoms with van der Waals surface area (Å²) >= 11 is 0. The van der Waals surface area contributed by atoms with Crippen molar-refractivity contribution >= 4 is 30.9 Å². The molecule has 2 amide bonds. The van der Waals surface area contributed by atoms with Crippen molar-refractivity contribution in [3.8, 4) is 6.07 Å². The first-order valence-electron chi connectivity index (χ1n) is 14.5. The summed E-state index contributed by atoms with van der Waals surface area (Å²) in [6.07, 6.45) is 4.94. The molecule has 0 bridgehead atoms.